The molecule has 0 aliphatic heterocycles. The van der Waals surface area contributed by atoms with Crippen LogP contribution in [0.15, 0.2) is 30.3 Å². The molecule has 1 aliphatic carbocycles. The molecule has 4 heteroatoms. The summed E-state index contributed by atoms with van der Waals surface area (Å²) in [6, 6.07) is 10.1. The van der Waals surface area contributed by atoms with E-state index in [1.807, 2.05) is 44.1 Å². The summed E-state index contributed by atoms with van der Waals surface area (Å²) in [7, 11) is 4.04. The van der Waals surface area contributed by atoms with E-state index in [1.54, 1.807) is 0 Å². The highest BCUT2D eigenvalue weighted by Gasteiger charge is 2.45. The van der Waals surface area contributed by atoms with E-state index in [0.717, 1.165) is 24.9 Å². The van der Waals surface area contributed by atoms with E-state index in [9.17, 15) is 4.79 Å². The van der Waals surface area contributed by atoms with Gasteiger partial charge in [-0.3, -0.25) is 4.79 Å². The molecule has 1 fully saturated rings. The Labute approximate surface area is 127 Å². The monoisotopic (exact) mass is 289 g/mol. The van der Waals surface area contributed by atoms with E-state index in [2.05, 4.69) is 17.0 Å². The minimum absolute atomic E-state index is 0.0794. The number of benzene rings is 1. The van der Waals surface area contributed by atoms with E-state index >= 15 is 0 Å². The van der Waals surface area contributed by atoms with Gasteiger partial charge in [0, 0.05) is 19.6 Å². The maximum Gasteiger partial charge on any atom is 0.242 e. The molecule has 0 radical (unpaired) electrons. The number of likely N-dealkylation sites (N-methyl/N-ethyl adjacent to an activating group) is 1. The molecule has 0 spiro atoms. The molecule has 0 aromatic heterocycles. The fourth-order valence-corrected chi connectivity index (χ4v) is 2.58. The number of amides is 1. The molecule has 1 aromatic rings. The van der Waals surface area contributed by atoms with Gasteiger partial charge in [-0.1, -0.05) is 30.3 Å². The molecule has 0 saturated heterocycles. The lowest BCUT2D eigenvalue weighted by molar-refractivity contribution is -0.138. The molecular weight excluding hydrogens is 262 g/mol. The highest BCUT2D eigenvalue weighted by Crippen LogP contribution is 2.39. The summed E-state index contributed by atoms with van der Waals surface area (Å²) < 4.78 is 0. The molecule has 2 N–H and O–H groups in total. The number of carbonyl (C=O) groups excluding carboxylic acids is 1. The van der Waals surface area contributed by atoms with Gasteiger partial charge in [0.05, 0.1) is 5.54 Å². The molecule has 4 nitrogen and oxygen atoms in total. The highest BCUT2D eigenvalue weighted by molar-refractivity contribution is 5.86. The van der Waals surface area contributed by atoms with Crippen molar-refractivity contribution in [1.82, 2.24) is 9.80 Å². The average Bonchev–Trinajstić information content (AvgIpc) is 3.28. The zero-order valence-electron chi connectivity index (χ0n) is 13.4. The van der Waals surface area contributed by atoms with E-state index in [1.165, 1.54) is 0 Å². The van der Waals surface area contributed by atoms with Gasteiger partial charge in [-0.25, -0.2) is 0 Å². The molecule has 116 valence electrons. The van der Waals surface area contributed by atoms with Crippen molar-refractivity contribution in [3.63, 3.8) is 0 Å². The molecule has 0 bridgehead atoms. The summed E-state index contributed by atoms with van der Waals surface area (Å²) >= 11 is 0. The number of hydrogen-bond donors (Lipinski definition) is 1. The Morgan fingerprint density at radius 1 is 1.24 bits per heavy atom. The van der Waals surface area contributed by atoms with Gasteiger partial charge in [-0.05, 0) is 45.3 Å². The van der Waals surface area contributed by atoms with Crippen molar-refractivity contribution >= 4 is 5.91 Å². The Morgan fingerprint density at radius 3 is 2.38 bits per heavy atom. The van der Waals surface area contributed by atoms with Gasteiger partial charge in [0.1, 0.15) is 0 Å². The number of hydrogen-bond acceptors (Lipinski definition) is 3. The van der Waals surface area contributed by atoms with Crippen molar-refractivity contribution in [3.8, 4) is 0 Å². The van der Waals surface area contributed by atoms with E-state index in [0.29, 0.717) is 19.0 Å². The number of nitrogens with zero attached hydrogens (tertiary/aromatic N) is 2. The largest absolute Gasteiger partial charge is 0.335 e. The van der Waals surface area contributed by atoms with Gasteiger partial charge in [0.15, 0.2) is 0 Å². The van der Waals surface area contributed by atoms with Crippen LogP contribution in [0.3, 0.4) is 0 Å². The minimum Gasteiger partial charge on any atom is -0.335 e. The number of carbonyl (C=O) groups is 1. The fourth-order valence-electron chi connectivity index (χ4n) is 2.58. The summed E-state index contributed by atoms with van der Waals surface area (Å²) in [6.45, 7) is 4.08. The van der Waals surface area contributed by atoms with Crippen molar-refractivity contribution in [2.45, 2.75) is 31.8 Å². The van der Waals surface area contributed by atoms with Crippen molar-refractivity contribution in [3.05, 3.63) is 35.9 Å². The summed E-state index contributed by atoms with van der Waals surface area (Å²) in [6.07, 6.45) is 2.15. The second-order valence-electron chi connectivity index (χ2n) is 6.57. The highest BCUT2D eigenvalue weighted by atomic mass is 16.2. The molecular formula is C17H27N3O. The SMILES string of the molecule is CN(C)CCN(Cc1ccccc1)C(=O)C(C)(N)C1CC1. The first-order valence-corrected chi connectivity index (χ1v) is 7.68. The van der Waals surface area contributed by atoms with Crippen LogP contribution in [0.4, 0.5) is 0 Å². The second-order valence-corrected chi connectivity index (χ2v) is 6.57. The third-order valence-electron chi connectivity index (χ3n) is 4.21. The van der Waals surface area contributed by atoms with Crippen molar-refractivity contribution in [2.24, 2.45) is 11.7 Å². The molecule has 1 saturated carbocycles. The lowest BCUT2D eigenvalue weighted by atomic mass is 9.95. The summed E-state index contributed by atoms with van der Waals surface area (Å²) in [5.74, 6) is 0.429. The van der Waals surface area contributed by atoms with Crippen LogP contribution < -0.4 is 5.73 Å². The molecule has 2 rings (SSSR count). The molecule has 1 amide bonds. The summed E-state index contributed by atoms with van der Waals surface area (Å²) in [5.41, 5.74) is 6.75. The average molecular weight is 289 g/mol. The maximum absolute atomic E-state index is 12.8. The molecule has 1 aliphatic rings. The molecule has 0 heterocycles. The quantitative estimate of drug-likeness (QED) is 0.831. The predicted molar refractivity (Wildman–Crippen MR) is 85.7 cm³/mol. The van der Waals surface area contributed by atoms with Crippen molar-refractivity contribution in [2.75, 3.05) is 27.2 Å². The Kier molecular flexibility index (Phi) is 5.01. The first-order chi connectivity index (χ1) is 9.91. The fraction of sp³-hybridized carbons (Fsp3) is 0.588. The first-order valence-electron chi connectivity index (χ1n) is 7.68. The minimum atomic E-state index is -0.721. The molecule has 21 heavy (non-hydrogen) atoms. The Hall–Kier alpha value is -1.39. The van der Waals surface area contributed by atoms with Crippen molar-refractivity contribution < 1.29 is 4.79 Å². The Balaban J connectivity index is 2.09. The molecule has 1 unspecified atom stereocenters. The van der Waals surface area contributed by atoms with Gasteiger partial charge in [0.2, 0.25) is 5.91 Å². The summed E-state index contributed by atoms with van der Waals surface area (Å²) in [5, 5.41) is 0. The third-order valence-corrected chi connectivity index (χ3v) is 4.21. The molecule has 1 aromatic carbocycles. The summed E-state index contributed by atoms with van der Waals surface area (Å²) in [4.78, 5) is 16.8. The number of rotatable bonds is 7. The molecule has 1 atom stereocenters. The van der Waals surface area contributed by atoms with Crippen molar-refractivity contribution in [1.29, 1.82) is 0 Å². The van der Waals surface area contributed by atoms with Crippen LogP contribution in [-0.4, -0.2) is 48.4 Å². The zero-order chi connectivity index (χ0) is 15.5. The lowest BCUT2D eigenvalue weighted by Gasteiger charge is -2.33. The van der Waals surface area contributed by atoms with Crippen LogP contribution in [-0.2, 0) is 11.3 Å². The van der Waals surface area contributed by atoms with Crippen LogP contribution in [0.2, 0.25) is 0 Å². The van der Waals surface area contributed by atoms with Crippen LogP contribution in [0.1, 0.15) is 25.3 Å². The zero-order valence-corrected chi connectivity index (χ0v) is 13.4. The predicted octanol–water partition coefficient (Wildman–Crippen LogP) is 1.70. The van der Waals surface area contributed by atoms with E-state index in [-0.39, 0.29) is 5.91 Å². The Morgan fingerprint density at radius 2 is 1.86 bits per heavy atom. The van der Waals surface area contributed by atoms with Crippen LogP contribution in [0.25, 0.3) is 0 Å². The topological polar surface area (TPSA) is 49.6 Å². The van der Waals surface area contributed by atoms with E-state index < -0.39 is 5.54 Å². The van der Waals surface area contributed by atoms with Gasteiger partial charge in [-0.15, -0.1) is 0 Å². The lowest BCUT2D eigenvalue weighted by Crippen LogP contribution is -2.55. The maximum atomic E-state index is 12.8. The van der Waals surface area contributed by atoms with Gasteiger partial charge >= 0.3 is 0 Å². The normalized spacial score (nSPS) is 17.6. The van der Waals surface area contributed by atoms with Crippen LogP contribution in [0, 0.1) is 5.92 Å². The van der Waals surface area contributed by atoms with Crippen LogP contribution >= 0.6 is 0 Å². The standard InChI is InChI=1S/C17H27N3O/c1-17(18,15-9-10-15)16(21)20(12-11-19(2)3)13-14-7-5-4-6-8-14/h4-8,15H,9-13,18H2,1-3H3. The van der Waals surface area contributed by atoms with Gasteiger partial charge in [-0.2, -0.15) is 0 Å². The van der Waals surface area contributed by atoms with E-state index in [4.69, 9.17) is 5.73 Å². The third kappa shape index (κ3) is 4.29. The van der Waals surface area contributed by atoms with Gasteiger partial charge in [0.25, 0.3) is 0 Å². The second kappa shape index (κ2) is 6.58. The smallest absolute Gasteiger partial charge is 0.242 e. The number of nitrogens with two attached hydrogens (primary N) is 1. The van der Waals surface area contributed by atoms with Crippen LogP contribution in [0.5, 0.6) is 0 Å². The first kappa shape index (κ1) is 16.0. The Bertz CT molecular complexity index is 466. The van der Waals surface area contributed by atoms with Gasteiger partial charge < -0.3 is 15.5 Å².